The number of fused-ring (bicyclic) bond motifs is 2. The third-order valence-corrected chi connectivity index (χ3v) is 4.93. The topological polar surface area (TPSA) is 63.8 Å². The van der Waals surface area contributed by atoms with Crippen molar-refractivity contribution in [1.29, 1.82) is 0 Å². The molecule has 2 bridgehead atoms. The molecule has 0 spiro atoms. The molecule has 5 nitrogen and oxygen atoms in total. The Morgan fingerprint density at radius 1 is 1.42 bits per heavy atom. The molecule has 1 N–H and O–H groups in total. The highest BCUT2D eigenvalue weighted by molar-refractivity contribution is 7.09. The maximum atomic E-state index is 5.45. The summed E-state index contributed by atoms with van der Waals surface area (Å²) in [6.07, 6.45) is 4.34. The lowest BCUT2D eigenvalue weighted by Gasteiger charge is -2.15. The van der Waals surface area contributed by atoms with E-state index in [-0.39, 0.29) is 0 Å². The van der Waals surface area contributed by atoms with Crippen LogP contribution >= 0.6 is 11.3 Å². The van der Waals surface area contributed by atoms with Crippen LogP contribution in [0.2, 0.25) is 0 Å². The largest absolute Gasteiger partial charge is 0.339 e. The molecule has 2 aliphatic heterocycles. The van der Waals surface area contributed by atoms with E-state index in [9.17, 15) is 0 Å². The van der Waals surface area contributed by atoms with Crippen molar-refractivity contribution < 1.29 is 4.52 Å². The maximum Gasteiger partial charge on any atom is 0.231 e. The number of hydrogen-bond acceptors (Lipinski definition) is 6. The molecule has 3 atom stereocenters. The predicted molar refractivity (Wildman–Crippen MR) is 71.3 cm³/mol. The Hall–Kier alpha value is -1.27. The lowest BCUT2D eigenvalue weighted by atomic mass is 9.89. The quantitative estimate of drug-likeness (QED) is 0.929. The van der Waals surface area contributed by atoms with Gasteiger partial charge in [-0.3, -0.25) is 0 Å². The minimum Gasteiger partial charge on any atom is -0.339 e. The molecule has 4 rings (SSSR count). The van der Waals surface area contributed by atoms with Crippen LogP contribution in [0.1, 0.15) is 47.6 Å². The van der Waals surface area contributed by atoms with Gasteiger partial charge in [-0.05, 0) is 26.2 Å². The molecule has 0 saturated carbocycles. The summed E-state index contributed by atoms with van der Waals surface area (Å²) in [6, 6.07) is 1.20. The van der Waals surface area contributed by atoms with Gasteiger partial charge >= 0.3 is 0 Å². The highest BCUT2D eigenvalue weighted by atomic mass is 32.1. The standard InChI is InChI=1S/C13H16N4OS/c1-7-14-9(6-19-7)5-12-16-13(18-17-12)10-4-8-2-3-11(10)15-8/h6,8,10-11,15H,2-5H2,1H3. The average Bonchev–Trinajstić information content (AvgIpc) is 3.13. The normalized spacial score (nSPS) is 29.2. The summed E-state index contributed by atoms with van der Waals surface area (Å²) in [5.41, 5.74) is 1.03. The van der Waals surface area contributed by atoms with Crippen molar-refractivity contribution >= 4 is 11.3 Å². The van der Waals surface area contributed by atoms with Crippen molar-refractivity contribution in [3.05, 3.63) is 27.8 Å². The van der Waals surface area contributed by atoms with Gasteiger partial charge in [-0.15, -0.1) is 11.3 Å². The number of hydrogen-bond donors (Lipinski definition) is 1. The fraction of sp³-hybridized carbons (Fsp3) is 0.615. The van der Waals surface area contributed by atoms with Crippen molar-refractivity contribution in [2.75, 3.05) is 0 Å². The van der Waals surface area contributed by atoms with Gasteiger partial charge in [0.2, 0.25) is 5.89 Å². The van der Waals surface area contributed by atoms with Crippen LogP contribution in [-0.4, -0.2) is 27.2 Å². The molecule has 0 amide bonds. The Kier molecular flexibility index (Phi) is 2.66. The van der Waals surface area contributed by atoms with E-state index in [1.54, 1.807) is 11.3 Å². The molecule has 3 unspecified atom stereocenters. The predicted octanol–water partition coefficient (Wildman–Crippen LogP) is 2.03. The average molecular weight is 276 g/mol. The molecule has 6 heteroatoms. The summed E-state index contributed by atoms with van der Waals surface area (Å²) in [7, 11) is 0. The maximum absolute atomic E-state index is 5.45. The second-order valence-corrected chi connectivity index (χ2v) is 6.54. The molecular formula is C13H16N4OS. The number of rotatable bonds is 3. The summed E-state index contributed by atoms with van der Waals surface area (Å²) < 4.78 is 5.45. The van der Waals surface area contributed by atoms with Gasteiger partial charge < -0.3 is 9.84 Å². The molecule has 0 aliphatic carbocycles. The highest BCUT2D eigenvalue weighted by Crippen LogP contribution is 2.39. The van der Waals surface area contributed by atoms with E-state index >= 15 is 0 Å². The SMILES string of the molecule is Cc1nc(Cc2noc(C3CC4CCC3N4)n2)cs1. The zero-order chi connectivity index (χ0) is 12.8. The van der Waals surface area contributed by atoms with Crippen molar-refractivity contribution in [3.8, 4) is 0 Å². The second-order valence-electron chi connectivity index (χ2n) is 5.47. The van der Waals surface area contributed by atoms with E-state index in [4.69, 9.17) is 4.52 Å². The van der Waals surface area contributed by atoms with E-state index in [1.165, 1.54) is 12.8 Å². The second kappa shape index (κ2) is 4.38. The third-order valence-electron chi connectivity index (χ3n) is 4.11. The van der Waals surface area contributed by atoms with Gasteiger partial charge in [0.25, 0.3) is 0 Å². The molecule has 4 heterocycles. The Balaban J connectivity index is 1.50. The molecule has 0 aromatic carbocycles. The number of nitrogens with zero attached hydrogens (tertiary/aromatic N) is 3. The first-order chi connectivity index (χ1) is 9.28. The fourth-order valence-corrected chi connectivity index (χ4v) is 3.85. The molecule has 2 saturated heterocycles. The zero-order valence-corrected chi connectivity index (χ0v) is 11.6. The van der Waals surface area contributed by atoms with Crippen molar-refractivity contribution in [2.45, 2.75) is 50.6 Å². The van der Waals surface area contributed by atoms with Gasteiger partial charge in [0.05, 0.1) is 23.0 Å². The van der Waals surface area contributed by atoms with E-state index in [0.717, 1.165) is 28.8 Å². The van der Waals surface area contributed by atoms with Crippen LogP contribution in [0.25, 0.3) is 0 Å². The molecule has 19 heavy (non-hydrogen) atoms. The van der Waals surface area contributed by atoms with Gasteiger partial charge in [-0.1, -0.05) is 5.16 Å². The summed E-state index contributed by atoms with van der Waals surface area (Å²) in [4.78, 5) is 9.00. The first-order valence-electron chi connectivity index (χ1n) is 6.77. The summed E-state index contributed by atoms with van der Waals surface area (Å²) in [5, 5.41) is 10.8. The smallest absolute Gasteiger partial charge is 0.231 e. The molecule has 2 fully saturated rings. The van der Waals surface area contributed by atoms with Crippen molar-refractivity contribution in [2.24, 2.45) is 0 Å². The minimum absolute atomic E-state index is 0.414. The van der Waals surface area contributed by atoms with Crippen LogP contribution in [0.5, 0.6) is 0 Å². The van der Waals surface area contributed by atoms with Crippen molar-refractivity contribution in [3.63, 3.8) is 0 Å². The van der Waals surface area contributed by atoms with E-state index in [0.29, 0.717) is 24.4 Å². The fourth-order valence-electron chi connectivity index (χ4n) is 3.24. The monoisotopic (exact) mass is 276 g/mol. The van der Waals surface area contributed by atoms with Crippen LogP contribution < -0.4 is 5.32 Å². The van der Waals surface area contributed by atoms with Crippen LogP contribution in [0.15, 0.2) is 9.90 Å². The van der Waals surface area contributed by atoms with Crippen molar-refractivity contribution in [1.82, 2.24) is 20.4 Å². The molecule has 0 radical (unpaired) electrons. The van der Waals surface area contributed by atoms with Gasteiger partial charge in [-0.25, -0.2) is 4.98 Å². The number of aromatic nitrogens is 3. The number of nitrogens with one attached hydrogen (secondary N) is 1. The minimum atomic E-state index is 0.414. The molecule has 2 aromatic heterocycles. The van der Waals surface area contributed by atoms with Gasteiger partial charge in [0, 0.05) is 17.5 Å². The first-order valence-corrected chi connectivity index (χ1v) is 7.65. The summed E-state index contributed by atoms with van der Waals surface area (Å²) in [6.45, 7) is 2.01. The first kappa shape index (κ1) is 11.5. The molecule has 2 aromatic rings. The lowest BCUT2D eigenvalue weighted by molar-refractivity contribution is 0.327. The summed E-state index contributed by atoms with van der Waals surface area (Å²) in [5.74, 6) is 1.97. The van der Waals surface area contributed by atoms with Gasteiger partial charge in [0.1, 0.15) is 0 Å². The number of aryl methyl sites for hydroxylation is 1. The van der Waals surface area contributed by atoms with Gasteiger partial charge in [0.15, 0.2) is 5.82 Å². The van der Waals surface area contributed by atoms with E-state index in [2.05, 4.69) is 25.8 Å². The molecule has 2 aliphatic rings. The van der Waals surface area contributed by atoms with E-state index < -0.39 is 0 Å². The molecule has 100 valence electrons. The van der Waals surface area contributed by atoms with Gasteiger partial charge in [-0.2, -0.15) is 4.98 Å². The van der Waals surface area contributed by atoms with Crippen LogP contribution in [0.3, 0.4) is 0 Å². The Morgan fingerprint density at radius 2 is 2.37 bits per heavy atom. The Morgan fingerprint density at radius 3 is 3.05 bits per heavy atom. The molecular weight excluding hydrogens is 260 g/mol. The van der Waals surface area contributed by atoms with Crippen LogP contribution in [0.4, 0.5) is 0 Å². The van der Waals surface area contributed by atoms with Crippen LogP contribution in [0, 0.1) is 6.92 Å². The lowest BCUT2D eigenvalue weighted by Crippen LogP contribution is -2.21. The van der Waals surface area contributed by atoms with Crippen LogP contribution in [-0.2, 0) is 6.42 Å². The number of thiazole rings is 1. The Labute approximate surface area is 115 Å². The summed E-state index contributed by atoms with van der Waals surface area (Å²) >= 11 is 1.66. The van der Waals surface area contributed by atoms with E-state index in [1.807, 2.05) is 6.92 Å². The third kappa shape index (κ3) is 2.08. The Bertz CT molecular complexity index is 593. The highest BCUT2D eigenvalue weighted by Gasteiger charge is 2.42. The zero-order valence-electron chi connectivity index (χ0n) is 10.8.